The molecule has 774 valence electrons. The van der Waals surface area contributed by atoms with Gasteiger partial charge in [-0.15, -0.1) is 70.8 Å². The number of Topliss-reactive ketones (excluding diaryl/α,β-unsaturated/α-hetero) is 5. The summed E-state index contributed by atoms with van der Waals surface area (Å²) in [7, 11) is 0. The Hall–Kier alpha value is -14.3. The number of nitrogens with two attached hydrogens (primary N) is 10. The molecular weight excluding hydrogens is 1840 g/mol. The van der Waals surface area contributed by atoms with Crippen LogP contribution in [0, 0.1) is 70.8 Å². The lowest BCUT2D eigenvalue weighted by Gasteiger charge is -2.15. The molecule has 63 heteroatoms. The molecule has 0 heterocycles. The molecule has 0 aromatic rings. The van der Waals surface area contributed by atoms with Gasteiger partial charge in [0, 0.05) is 103 Å². The van der Waals surface area contributed by atoms with Crippen molar-refractivity contribution in [2.45, 2.75) is 267 Å². The standard InChI is InChI=1S/C13H23N5O9.2C13H24N4O6.2C11H20N4O6.C11H20N2O6S/c14-13(15)16-6-2-5-11(25-9-19)7-10(20)3-1-4-12(27-18(23)24)8-26-17(21)22;2*14-13(15)16-7-4-6-12(22-10-18)9-11(19)5-2-1-3-8-23-17(20)21;2*12-11(13)14-5-1-4-10(20-8-16)7-9(17)3-2-6-21-15(18)19;1-20-8-6-9(11(15)16)12-10(14)5-3-2-4-7-19-13(17)18/h9,11-12H,1-8H2,(H4,14,15,16);2*10,12H,1-9H2,(H4,14,15,16);2*8,10H,1-7H2,(H4,12,13,14);9H,2-8H2,1H3,(H,12,14)(H,15,16). The van der Waals surface area contributed by atoms with Crippen LogP contribution in [0.1, 0.15) is 225 Å². The number of hydrogen-bond acceptors (Lipinski definition) is 44. The molecule has 0 saturated heterocycles. The Kier molecular flexibility index (Phi) is 90.6. The number of amides is 1. The first-order valence-electron chi connectivity index (χ1n) is 41.8. The summed E-state index contributed by atoms with van der Waals surface area (Å²) in [6.07, 6.45) is 10.9. The smallest absolute Gasteiger partial charge is 0.326 e. The van der Waals surface area contributed by atoms with Gasteiger partial charge in [-0.2, -0.15) is 11.8 Å². The Labute approximate surface area is 778 Å². The van der Waals surface area contributed by atoms with Crippen molar-refractivity contribution in [2.24, 2.45) is 82.3 Å². The number of guanidine groups is 5. The fourth-order valence-corrected chi connectivity index (χ4v) is 11.1. The molecule has 0 aliphatic carbocycles. The Morgan fingerprint density at radius 2 is 0.556 bits per heavy atom. The largest absolute Gasteiger partial charge is 0.480 e. The molecule has 1 amide bonds. The molecule has 0 aliphatic rings. The molecule has 7 atom stereocenters. The lowest BCUT2D eigenvalue weighted by molar-refractivity contribution is -0.790. The number of carboxylic acid groups (broad SMARTS) is 1. The third kappa shape index (κ3) is 108. The van der Waals surface area contributed by atoms with Crippen molar-refractivity contribution in [3.05, 3.63) is 70.8 Å². The van der Waals surface area contributed by atoms with Gasteiger partial charge < -0.3 is 125 Å². The summed E-state index contributed by atoms with van der Waals surface area (Å²) in [5.74, 6) is -1.39. The summed E-state index contributed by atoms with van der Waals surface area (Å²) in [5.41, 5.74) is 51.8. The molecule has 0 aliphatic heterocycles. The minimum atomic E-state index is -1.17. The number of ketones is 5. The molecule has 22 N–H and O–H groups in total. The summed E-state index contributed by atoms with van der Waals surface area (Å²) in [5, 5.41) is 74.9. The molecule has 0 spiro atoms. The van der Waals surface area contributed by atoms with E-state index in [2.05, 4.69) is 64.1 Å². The highest BCUT2D eigenvalue weighted by molar-refractivity contribution is 7.98. The summed E-state index contributed by atoms with van der Waals surface area (Å²) >= 11 is 1.52. The number of carboxylic acids is 1. The lowest BCUT2D eigenvalue weighted by atomic mass is 10.0. The van der Waals surface area contributed by atoms with Crippen LogP contribution in [0.3, 0.4) is 0 Å². The molecule has 135 heavy (non-hydrogen) atoms. The highest BCUT2D eigenvalue weighted by atomic mass is 32.2. The van der Waals surface area contributed by atoms with E-state index in [0.29, 0.717) is 193 Å². The van der Waals surface area contributed by atoms with Crippen molar-refractivity contribution in [1.29, 1.82) is 0 Å². The van der Waals surface area contributed by atoms with Crippen molar-refractivity contribution < 1.29 is 156 Å². The first-order chi connectivity index (χ1) is 64.0. The maximum absolute atomic E-state index is 12.0. The second-order valence-electron chi connectivity index (χ2n) is 27.8. The number of unbranched alkanes of at least 4 members (excludes halogenated alkanes) is 6. The summed E-state index contributed by atoms with van der Waals surface area (Å²) in [6, 6.07) is -0.854. The third-order valence-corrected chi connectivity index (χ3v) is 17.3. The van der Waals surface area contributed by atoms with E-state index in [0.717, 1.165) is 0 Å². The van der Waals surface area contributed by atoms with E-state index in [-0.39, 0.29) is 201 Å². The van der Waals surface area contributed by atoms with Gasteiger partial charge >= 0.3 is 5.97 Å². The summed E-state index contributed by atoms with van der Waals surface area (Å²) in [6.45, 7) is 2.55. The molecule has 0 aromatic heterocycles. The Morgan fingerprint density at radius 3 is 0.785 bits per heavy atom. The van der Waals surface area contributed by atoms with Crippen LogP contribution in [0.4, 0.5) is 0 Å². The molecule has 0 rings (SSSR count). The number of carbonyl (C=O) groups excluding carboxylic acids is 11. The van der Waals surface area contributed by atoms with Gasteiger partial charge in [-0.3, -0.25) is 77.7 Å². The number of ether oxygens (including phenoxy) is 5. The first-order valence-corrected chi connectivity index (χ1v) is 43.2. The van der Waals surface area contributed by atoms with Crippen LogP contribution in [0.2, 0.25) is 0 Å². The van der Waals surface area contributed by atoms with E-state index in [1.54, 1.807) is 0 Å². The fourth-order valence-electron chi connectivity index (χ4n) is 10.6. The minimum Gasteiger partial charge on any atom is -0.480 e. The molecule has 0 bridgehead atoms. The number of rotatable bonds is 85. The maximum atomic E-state index is 12.0. The average molecular weight is 1980 g/mol. The number of aliphatic imine (C=N–C) groups is 5. The number of aliphatic carboxylic acids is 1. The second kappa shape index (κ2) is 93.0. The van der Waals surface area contributed by atoms with Crippen LogP contribution in [0.15, 0.2) is 25.0 Å². The zero-order chi connectivity index (χ0) is 103. The number of carbonyl (C=O) groups is 12. The van der Waals surface area contributed by atoms with E-state index < -0.39 is 90.8 Å². The molecular formula is C72H131N23O39S. The molecule has 0 fully saturated rings. The number of hydrogen-bond donors (Lipinski definition) is 12. The van der Waals surface area contributed by atoms with Crippen molar-refractivity contribution in [2.75, 3.05) is 84.4 Å². The predicted molar refractivity (Wildman–Crippen MR) is 472 cm³/mol. The van der Waals surface area contributed by atoms with Gasteiger partial charge in [0.1, 0.15) is 78.2 Å². The second-order valence-corrected chi connectivity index (χ2v) is 28.7. The topological polar surface area (TPSA) is 972 Å². The Bertz CT molecular complexity index is 3380. The zero-order valence-corrected chi connectivity index (χ0v) is 76.0. The minimum absolute atomic E-state index is 0.00422. The van der Waals surface area contributed by atoms with E-state index in [4.69, 9.17) is 86.1 Å². The van der Waals surface area contributed by atoms with Gasteiger partial charge in [0.2, 0.25) is 5.91 Å². The quantitative estimate of drug-likeness (QED) is 0.00739. The van der Waals surface area contributed by atoms with Gasteiger partial charge in [0.05, 0.1) is 33.0 Å². The molecule has 62 nitrogen and oxygen atoms in total. The number of nitrogens with zero attached hydrogens (tertiary/aromatic N) is 12. The average Bonchev–Trinajstić information content (AvgIpc) is 0.941. The molecule has 0 aromatic carbocycles. The van der Waals surface area contributed by atoms with E-state index >= 15 is 0 Å². The van der Waals surface area contributed by atoms with Crippen LogP contribution in [-0.4, -0.2) is 271 Å². The van der Waals surface area contributed by atoms with Gasteiger partial charge in [-0.05, 0) is 147 Å². The molecule has 7 unspecified atom stereocenters. The van der Waals surface area contributed by atoms with E-state index in [1.807, 2.05) is 6.26 Å². The lowest BCUT2D eigenvalue weighted by Crippen LogP contribution is -2.41. The normalized spacial score (nSPS) is 11.5. The van der Waals surface area contributed by atoms with Crippen molar-refractivity contribution >= 4 is 115 Å². The first kappa shape index (κ1) is 131. The van der Waals surface area contributed by atoms with Crippen molar-refractivity contribution in [3.8, 4) is 0 Å². The molecule has 0 saturated carbocycles. The van der Waals surface area contributed by atoms with Crippen LogP contribution in [0.5, 0.6) is 0 Å². The van der Waals surface area contributed by atoms with E-state index in [9.17, 15) is 128 Å². The molecule has 0 radical (unpaired) electrons. The Balaban J connectivity index is -0.000000371. The monoisotopic (exact) mass is 1970 g/mol. The SMILES string of the molecule is CSCCC(NC(=O)CCCCCO[N+](=O)[O-])C(=O)O.NC(N)=NCCCC(CC(=O)CCCC(CO[N+](=O)[O-])O[N+](=O)[O-])OC=O.NC(N)=NCCCC(CC(=O)CCCCCO[N+](=O)[O-])OC=O.NC(N)=NCCCC(CC(=O)CCCCCO[N+](=O)[O-])OC=O.NC(N)=NCCCC(CC(=O)CCCO[N+](=O)[O-])OC=O.NC(N)=NCCCC(CC(=O)CCCO[N+](=O)[O-])OC=O. The van der Waals surface area contributed by atoms with Crippen LogP contribution >= 0.6 is 11.8 Å². The summed E-state index contributed by atoms with van der Waals surface area (Å²) < 4.78 is 24.2. The maximum Gasteiger partial charge on any atom is 0.326 e. The number of thioether (sulfide) groups is 1. The van der Waals surface area contributed by atoms with Gasteiger partial charge in [-0.25, -0.2) is 4.79 Å². The van der Waals surface area contributed by atoms with Gasteiger partial charge in [-0.1, -0.05) is 19.3 Å². The van der Waals surface area contributed by atoms with Crippen molar-refractivity contribution in [3.63, 3.8) is 0 Å². The zero-order valence-electron chi connectivity index (χ0n) is 75.2. The fraction of sp³-hybridized carbons (Fsp3) is 0.764. The highest BCUT2D eigenvalue weighted by Crippen LogP contribution is 2.18. The van der Waals surface area contributed by atoms with E-state index in [1.165, 1.54) is 11.8 Å². The Morgan fingerprint density at radius 1 is 0.319 bits per heavy atom. The van der Waals surface area contributed by atoms with Crippen molar-refractivity contribution in [1.82, 2.24) is 5.32 Å². The summed E-state index contributed by atoms with van der Waals surface area (Å²) in [4.78, 5) is 251. The highest BCUT2D eigenvalue weighted by Gasteiger charge is 2.23. The van der Waals surface area contributed by atoms with Gasteiger partial charge in [0.25, 0.3) is 68.0 Å². The van der Waals surface area contributed by atoms with Crippen LogP contribution in [0.25, 0.3) is 0 Å². The van der Waals surface area contributed by atoms with Crippen LogP contribution < -0.4 is 62.7 Å². The predicted octanol–water partition coefficient (Wildman–Crippen LogP) is 0.252. The van der Waals surface area contributed by atoms with Gasteiger partial charge in [0.15, 0.2) is 29.8 Å². The van der Waals surface area contributed by atoms with Crippen LogP contribution in [-0.2, 0) is 115 Å². The third-order valence-electron chi connectivity index (χ3n) is 16.7. The number of nitrogens with one attached hydrogen (secondary N) is 1.